The number of nitro groups is 1. The molecule has 0 amide bonds. The van der Waals surface area contributed by atoms with E-state index < -0.39 is 19.8 Å². The number of non-ortho nitro benzene ring substituents is 1. The SMILES string of the molecule is CI1C=Cc2cc([N+](=O)[O-])ccc21. The second-order valence-electron chi connectivity index (χ2n) is 2.77. The predicted molar refractivity (Wildman–Crippen MR) is 60.8 cm³/mol. The van der Waals surface area contributed by atoms with E-state index in [1.807, 2.05) is 12.1 Å². The topological polar surface area (TPSA) is 43.1 Å². The number of nitro benzene ring substituents is 1. The minimum absolute atomic E-state index is 0.189. The van der Waals surface area contributed by atoms with Crippen molar-refractivity contribution in [3.05, 3.63) is 41.5 Å². The summed E-state index contributed by atoms with van der Waals surface area (Å²) in [6.07, 6.45) is 2.01. The van der Waals surface area contributed by atoms with Crippen LogP contribution in [-0.2, 0) is 0 Å². The third-order valence-electron chi connectivity index (χ3n) is 1.94. The molecule has 0 fully saturated rings. The van der Waals surface area contributed by atoms with E-state index in [1.54, 1.807) is 12.1 Å². The van der Waals surface area contributed by atoms with E-state index in [-0.39, 0.29) is 10.6 Å². The quantitative estimate of drug-likeness (QED) is 0.345. The molecule has 1 aliphatic heterocycles. The van der Waals surface area contributed by atoms with Gasteiger partial charge in [-0.3, -0.25) is 0 Å². The van der Waals surface area contributed by atoms with Crippen LogP contribution in [0.5, 0.6) is 0 Å². The van der Waals surface area contributed by atoms with Crippen molar-refractivity contribution in [3.8, 4) is 0 Å². The van der Waals surface area contributed by atoms with Crippen molar-refractivity contribution in [1.29, 1.82) is 0 Å². The number of rotatable bonds is 1. The molecule has 1 aliphatic rings. The average molecular weight is 289 g/mol. The van der Waals surface area contributed by atoms with Crippen molar-refractivity contribution in [2.45, 2.75) is 0 Å². The Morgan fingerprint density at radius 1 is 1.46 bits per heavy atom. The molecule has 1 aromatic rings. The Balaban J connectivity index is 2.50. The molecule has 0 saturated heterocycles. The van der Waals surface area contributed by atoms with Crippen LogP contribution >= 0.6 is 19.8 Å². The summed E-state index contributed by atoms with van der Waals surface area (Å²) in [7, 11) is 0. The summed E-state index contributed by atoms with van der Waals surface area (Å²) >= 11 is -1.07. The van der Waals surface area contributed by atoms with Gasteiger partial charge in [0, 0.05) is 0 Å². The first kappa shape index (κ1) is 8.68. The van der Waals surface area contributed by atoms with Gasteiger partial charge in [0.2, 0.25) is 0 Å². The standard InChI is InChI=1S/C9H8INO2/c1-10-5-4-7-6-8(11(12)13)2-3-9(7)10/h2-6H,1H3. The average Bonchev–Trinajstić information content (AvgIpc) is 2.47. The fraction of sp³-hybridized carbons (Fsp3) is 0.111. The van der Waals surface area contributed by atoms with Crippen molar-refractivity contribution < 1.29 is 4.92 Å². The molecule has 0 atom stereocenters. The van der Waals surface area contributed by atoms with E-state index in [0.29, 0.717) is 0 Å². The van der Waals surface area contributed by atoms with Crippen LogP contribution in [-0.4, -0.2) is 9.85 Å². The van der Waals surface area contributed by atoms with Gasteiger partial charge in [0.15, 0.2) is 0 Å². The van der Waals surface area contributed by atoms with Crippen molar-refractivity contribution in [2.24, 2.45) is 0 Å². The minimum atomic E-state index is -1.07. The second kappa shape index (κ2) is 3.10. The number of hydrogen-bond acceptors (Lipinski definition) is 2. The molecule has 0 saturated carbocycles. The van der Waals surface area contributed by atoms with Crippen LogP contribution in [0.25, 0.3) is 6.08 Å². The first-order chi connectivity index (χ1) is 6.18. The number of halogens is 1. The Morgan fingerprint density at radius 2 is 2.23 bits per heavy atom. The van der Waals surface area contributed by atoms with Crippen LogP contribution in [0, 0.1) is 13.7 Å². The molecule has 0 bridgehead atoms. The van der Waals surface area contributed by atoms with E-state index in [2.05, 4.69) is 9.01 Å². The fourth-order valence-corrected chi connectivity index (χ4v) is 4.65. The van der Waals surface area contributed by atoms with E-state index >= 15 is 0 Å². The van der Waals surface area contributed by atoms with Crippen LogP contribution in [0.1, 0.15) is 5.56 Å². The number of fused-ring (bicyclic) bond motifs is 1. The fourth-order valence-electron chi connectivity index (χ4n) is 1.27. The Labute approximate surface area is 83.0 Å². The molecular weight excluding hydrogens is 281 g/mol. The van der Waals surface area contributed by atoms with E-state index in [4.69, 9.17) is 0 Å². The molecule has 0 spiro atoms. The maximum atomic E-state index is 10.5. The molecule has 0 aliphatic carbocycles. The molecule has 1 heterocycles. The van der Waals surface area contributed by atoms with Gasteiger partial charge in [0.1, 0.15) is 0 Å². The molecule has 0 unspecified atom stereocenters. The van der Waals surface area contributed by atoms with Gasteiger partial charge in [-0.25, -0.2) is 0 Å². The van der Waals surface area contributed by atoms with Crippen molar-refractivity contribution in [2.75, 3.05) is 4.93 Å². The third-order valence-corrected chi connectivity index (χ3v) is 6.20. The summed E-state index contributed by atoms with van der Waals surface area (Å²) in [6.45, 7) is 0. The molecule has 1 aromatic carbocycles. The summed E-state index contributed by atoms with van der Waals surface area (Å²) in [5, 5.41) is 10.5. The van der Waals surface area contributed by atoms with Gasteiger partial charge in [-0.2, -0.15) is 0 Å². The Hall–Kier alpha value is -0.910. The monoisotopic (exact) mass is 289 g/mol. The number of alkyl halides is 1. The summed E-state index contributed by atoms with van der Waals surface area (Å²) in [6, 6.07) is 5.16. The van der Waals surface area contributed by atoms with Crippen LogP contribution in [0.4, 0.5) is 5.69 Å². The summed E-state index contributed by atoms with van der Waals surface area (Å²) in [5.41, 5.74) is 1.23. The predicted octanol–water partition coefficient (Wildman–Crippen LogP) is 2.88. The third kappa shape index (κ3) is 1.46. The molecule has 0 aromatic heterocycles. The number of hydrogen-bond donors (Lipinski definition) is 0. The molecular formula is C9H8INO2. The molecule has 68 valence electrons. The maximum absolute atomic E-state index is 10.5. The zero-order valence-electron chi connectivity index (χ0n) is 7.03. The first-order valence-electron chi connectivity index (χ1n) is 3.73. The molecule has 0 radical (unpaired) electrons. The van der Waals surface area contributed by atoms with Crippen LogP contribution in [0.15, 0.2) is 22.3 Å². The molecule has 2 rings (SSSR count). The summed E-state index contributed by atoms with van der Waals surface area (Å²) in [4.78, 5) is 12.4. The second-order valence-corrected chi connectivity index (χ2v) is 7.60. The Bertz CT molecular complexity index is 401. The first-order valence-corrected chi connectivity index (χ1v) is 8.22. The summed E-state index contributed by atoms with van der Waals surface area (Å²) in [5.74, 6) is 0. The Kier molecular flexibility index (Phi) is 2.07. The van der Waals surface area contributed by atoms with Crippen molar-refractivity contribution in [1.82, 2.24) is 0 Å². The Morgan fingerprint density at radius 3 is 2.92 bits per heavy atom. The zero-order valence-corrected chi connectivity index (χ0v) is 9.19. The van der Waals surface area contributed by atoms with Crippen molar-refractivity contribution >= 4 is 31.6 Å². The normalized spacial score (nSPS) is 15.9. The van der Waals surface area contributed by atoms with Crippen molar-refractivity contribution in [3.63, 3.8) is 0 Å². The number of benzene rings is 1. The molecule has 13 heavy (non-hydrogen) atoms. The zero-order chi connectivity index (χ0) is 9.42. The van der Waals surface area contributed by atoms with Gasteiger partial charge < -0.3 is 0 Å². The number of nitrogens with zero attached hydrogens (tertiary/aromatic N) is 1. The van der Waals surface area contributed by atoms with E-state index in [9.17, 15) is 10.1 Å². The van der Waals surface area contributed by atoms with Crippen LogP contribution in [0.2, 0.25) is 0 Å². The van der Waals surface area contributed by atoms with Gasteiger partial charge in [-0.15, -0.1) is 0 Å². The van der Waals surface area contributed by atoms with Gasteiger partial charge in [-0.1, -0.05) is 0 Å². The van der Waals surface area contributed by atoms with E-state index in [1.165, 1.54) is 3.57 Å². The van der Waals surface area contributed by atoms with E-state index in [0.717, 1.165) is 5.56 Å². The van der Waals surface area contributed by atoms with Gasteiger partial charge in [-0.05, 0) is 0 Å². The van der Waals surface area contributed by atoms with Crippen LogP contribution in [0.3, 0.4) is 0 Å². The van der Waals surface area contributed by atoms with Gasteiger partial charge in [0.25, 0.3) is 0 Å². The molecule has 4 heteroatoms. The van der Waals surface area contributed by atoms with Gasteiger partial charge in [0.05, 0.1) is 0 Å². The van der Waals surface area contributed by atoms with Gasteiger partial charge >= 0.3 is 83.0 Å². The molecule has 3 nitrogen and oxygen atoms in total. The summed E-state index contributed by atoms with van der Waals surface area (Å²) < 4.78 is 3.54. The molecule has 0 N–H and O–H groups in total. The van der Waals surface area contributed by atoms with Crippen LogP contribution < -0.4 is 0 Å².